The van der Waals surface area contributed by atoms with Crippen molar-refractivity contribution in [3.8, 4) is 6.07 Å². The first-order chi connectivity index (χ1) is 7.38. The maximum Gasteiger partial charge on any atom is 0.140 e. The average molecular weight is 201 g/mol. The van der Waals surface area contributed by atoms with Crippen molar-refractivity contribution in [2.24, 2.45) is 5.92 Å². The summed E-state index contributed by atoms with van der Waals surface area (Å²) in [7, 11) is 0. The van der Waals surface area contributed by atoms with E-state index in [1.54, 1.807) is 6.07 Å². The van der Waals surface area contributed by atoms with Gasteiger partial charge in [0.05, 0.1) is 11.4 Å². The Morgan fingerprint density at radius 1 is 1.47 bits per heavy atom. The van der Waals surface area contributed by atoms with Crippen molar-refractivity contribution in [3.05, 3.63) is 23.5 Å². The third-order valence-corrected chi connectivity index (χ3v) is 2.87. The Bertz CT molecular complexity index is 406. The van der Waals surface area contributed by atoms with Crippen LogP contribution in [0.2, 0.25) is 0 Å². The molecule has 0 bridgehead atoms. The van der Waals surface area contributed by atoms with Crippen LogP contribution in [0.5, 0.6) is 0 Å². The Kier molecular flexibility index (Phi) is 2.59. The molecule has 1 fully saturated rings. The van der Waals surface area contributed by atoms with Gasteiger partial charge in [0.2, 0.25) is 0 Å². The number of anilines is 1. The fraction of sp³-hybridized carbons (Fsp3) is 0.500. The Labute approximate surface area is 90.1 Å². The second kappa shape index (κ2) is 3.90. The minimum absolute atomic E-state index is 0.535. The molecule has 2 atom stereocenters. The zero-order valence-electron chi connectivity index (χ0n) is 9.12. The third-order valence-electron chi connectivity index (χ3n) is 2.87. The number of hydrogen-bond donors (Lipinski definition) is 1. The first kappa shape index (κ1) is 9.97. The number of rotatable bonds is 0. The molecule has 1 saturated carbocycles. The average Bonchev–Trinajstić information content (AvgIpc) is 3.10. The molecule has 0 amide bonds. The number of aromatic nitrogens is 1. The molecule has 2 heterocycles. The summed E-state index contributed by atoms with van der Waals surface area (Å²) < 4.78 is 0. The molecule has 1 aromatic rings. The van der Waals surface area contributed by atoms with Crippen LogP contribution < -0.4 is 5.32 Å². The van der Waals surface area contributed by atoms with E-state index in [4.69, 9.17) is 5.26 Å². The standard InChI is InChI=1S/C10H9N3.C2H6/c11-4-7-1-2-9-10(13-7)8-3-6(8)5-12-9;1-2/h1-2,6,8,12H,3,5H2;1-2H3. The molecule has 0 radical (unpaired) electrons. The first-order valence-corrected chi connectivity index (χ1v) is 5.53. The van der Waals surface area contributed by atoms with Crippen LogP contribution in [0.1, 0.15) is 37.6 Å². The second-order valence-electron chi connectivity index (χ2n) is 3.72. The number of nitriles is 1. The van der Waals surface area contributed by atoms with Gasteiger partial charge in [0.25, 0.3) is 0 Å². The molecule has 2 aliphatic rings. The van der Waals surface area contributed by atoms with E-state index in [1.165, 1.54) is 6.42 Å². The van der Waals surface area contributed by atoms with Gasteiger partial charge >= 0.3 is 0 Å². The van der Waals surface area contributed by atoms with Crippen molar-refractivity contribution in [2.75, 3.05) is 11.9 Å². The summed E-state index contributed by atoms with van der Waals surface area (Å²) in [6.07, 6.45) is 1.24. The quantitative estimate of drug-likeness (QED) is 0.701. The van der Waals surface area contributed by atoms with E-state index in [-0.39, 0.29) is 0 Å². The Morgan fingerprint density at radius 2 is 2.27 bits per heavy atom. The van der Waals surface area contributed by atoms with Crippen LogP contribution in [-0.2, 0) is 0 Å². The molecule has 2 unspecified atom stereocenters. The molecular weight excluding hydrogens is 186 g/mol. The number of fused-ring (bicyclic) bond motifs is 3. The van der Waals surface area contributed by atoms with Gasteiger partial charge in [-0.1, -0.05) is 13.8 Å². The smallest absolute Gasteiger partial charge is 0.140 e. The molecule has 1 N–H and O–H groups in total. The summed E-state index contributed by atoms with van der Waals surface area (Å²) in [5.41, 5.74) is 2.76. The van der Waals surface area contributed by atoms with E-state index in [1.807, 2.05) is 19.9 Å². The molecule has 1 aliphatic carbocycles. The lowest BCUT2D eigenvalue weighted by atomic mass is 10.1. The van der Waals surface area contributed by atoms with E-state index in [0.717, 1.165) is 23.8 Å². The van der Waals surface area contributed by atoms with Gasteiger partial charge in [-0.25, -0.2) is 4.98 Å². The van der Waals surface area contributed by atoms with Gasteiger partial charge in [-0.2, -0.15) is 5.26 Å². The minimum Gasteiger partial charge on any atom is -0.383 e. The predicted molar refractivity (Wildman–Crippen MR) is 59.6 cm³/mol. The van der Waals surface area contributed by atoms with Crippen LogP contribution >= 0.6 is 0 Å². The largest absolute Gasteiger partial charge is 0.383 e. The summed E-state index contributed by atoms with van der Waals surface area (Å²) in [5.74, 6) is 1.40. The van der Waals surface area contributed by atoms with Crippen molar-refractivity contribution >= 4 is 5.69 Å². The Hall–Kier alpha value is -1.56. The maximum absolute atomic E-state index is 8.71. The molecule has 1 aliphatic heterocycles. The van der Waals surface area contributed by atoms with E-state index < -0.39 is 0 Å². The van der Waals surface area contributed by atoms with Gasteiger partial charge in [0.15, 0.2) is 0 Å². The van der Waals surface area contributed by atoms with Gasteiger partial charge < -0.3 is 5.32 Å². The van der Waals surface area contributed by atoms with Gasteiger partial charge in [0.1, 0.15) is 11.8 Å². The minimum atomic E-state index is 0.535. The zero-order valence-corrected chi connectivity index (χ0v) is 9.12. The molecule has 3 rings (SSSR count). The van der Waals surface area contributed by atoms with Crippen molar-refractivity contribution in [1.82, 2.24) is 4.98 Å². The van der Waals surface area contributed by atoms with Crippen LogP contribution in [0.25, 0.3) is 0 Å². The van der Waals surface area contributed by atoms with E-state index in [0.29, 0.717) is 11.6 Å². The summed E-state index contributed by atoms with van der Waals surface area (Å²) in [6, 6.07) is 5.82. The molecule has 1 aromatic heterocycles. The second-order valence-corrected chi connectivity index (χ2v) is 3.72. The molecule has 0 spiro atoms. The molecule has 0 aromatic carbocycles. The maximum atomic E-state index is 8.71. The van der Waals surface area contributed by atoms with Gasteiger partial charge in [0, 0.05) is 12.5 Å². The Morgan fingerprint density at radius 3 is 3.00 bits per heavy atom. The fourth-order valence-electron chi connectivity index (χ4n) is 2.02. The molecule has 3 nitrogen and oxygen atoms in total. The van der Waals surface area contributed by atoms with Crippen LogP contribution in [0.3, 0.4) is 0 Å². The monoisotopic (exact) mass is 201 g/mol. The lowest BCUT2D eigenvalue weighted by molar-refractivity contribution is 0.795. The van der Waals surface area contributed by atoms with Gasteiger partial charge in [-0.05, 0) is 24.5 Å². The topological polar surface area (TPSA) is 48.7 Å². The highest BCUT2D eigenvalue weighted by Crippen LogP contribution is 2.51. The number of nitrogens with zero attached hydrogens (tertiary/aromatic N) is 2. The fourth-order valence-corrected chi connectivity index (χ4v) is 2.02. The third kappa shape index (κ3) is 1.68. The highest BCUT2D eigenvalue weighted by molar-refractivity contribution is 5.55. The van der Waals surface area contributed by atoms with Crippen molar-refractivity contribution in [1.29, 1.82) is 5.26 Å². The van der Waals surface area contributed by atoms with Crippen LogP contribution in [-0.4, -0.2) is 11.5 Å². The summed E-state index contributed by atoms with van der Waals surface area (Å²) in [6.45, 7) is 5.07. The highest BCUT2D eigenvalue weighted by Gasteiger charge is 2.43. The van der Waals surface area contributed by atoms with Gasteiger partial charge in [-0.3, -0.25) is 0 Å². The van der Waals surface area contributed by atoms with E-state index in [9.17, 15) is 0 Å². The lowest BCUT2D eigenvalue weighted by Gasteiger charge is -2.15. The molecule has 0 saturated heterocycles. The van der Waals surface area contributed by atoms with Crippen LogP contribution in [0, 0.1) is 17.2 Å². The highest BCUT2D eigenvalue weighted by atomic mass is 15.0. The number of pyridine rings is 1. The van der Waals surface area contributed by atoms with Crippen molar-refractivity contribution < 1.29 is 0 Å². The summed E-state index contributed by atoms with van der Waals surface area (Å²) >= 11 is 0. The predicted octanol–water partition coefficient (Wildman–Crippen LogP) is 2.51. The Balaban J connectivity index is 0.000000404. The SMILES string of the molecule is CC.N#Cc1ccc2c(n1)C1CC1CN2. The summed E-state index contributed by atoms with van der Waals surface area (Å²) in [4.78, 5) is 4.33. The zero-order chi connectivity index (χ0) is 10.8. The van der Waals surface area contributed by atoms with Gasteiger partial charge in [-0.15, -0.1) is 0 Å². The summed E-state index contributed by atoms with van der Waals surface area (Å²) in [5, 5.41) is 12.0. The van der Waals surface area contributed by atoms with Crippen LogP contribution in [0.4, 0.5) is 5.69 Å². The normalized spacial score (nSPS) is 24.6. The molecule has 78 valence electrons. The van der Waals surface area contributed by atoms with Crippen molar-refractivity contribution in [3.63, 3.8) is 0 Å². The van der Waals surface area contributed by atoms with E-state index in [2.05, 4.69) is 16.4 Å². The van der Waals surface area contributed by atoms with Crippen molar-refractivity contribution in [2.45, 2.75) is 26.2 Å². The number of hydrogen-bond acceptors (Lipinski definition) is 3. The van der Waals surface area contributed by atoms with Crippen LogP contribution in [0.15, 0.2) is 12.1 Å². The first-order valence-electron chi connectivity index (χ1n) is 5.53. The molecule has 15 heavy (non-hydrogen) atoms. The van der Waals surface area contributed by atoms with E-state index >= 15 is 0 Å². The molecular formula is C12H15N3. The lowest BCUT2D eigenvalue weighted by Crippen LogP contribution is -2.13. The number of nitrogens with one attached hydrogen (secondary N) is 1. The molecule has 3 heteroatoms.